The first kappa shape index (κ1) is 25.9. The Balaban J connectivity index is 1.22. The molecule has 0 saturated carbocycles. The molecular weight excluding hydrogens is 611 g/mol. The van der Waals surface area contributed by atoms with Crippen LogP contribution in [0.5, 0.6) is 0 Å². The van der Waals surface area contributed by atoms with Gasteiger partial charge in [0.05, 0.1) is 26.8 Å². The Kier molecular flexibility index (Phi) is 5.20. The van der Waals surface area contributed by atoms with Crippen LogP contribution < -0.4 is 0 Å². The third-order valence-corrected chi connectivity index (χ3v) is 10.5. The highest BCUT2D eigenvalue weighted by Gasteiger charge is 2.23. The maximum atomic E-state index is 6.61. The Morgan fingerprint density at radius 2 is 1.27 bits per heavy atom. The van der Waals surface area contributed by atoms with E-state index in [4.69, 9.17) is 18.8 Å². The second-order valence-electron chi connectivity index (χ2n) is 12.1. The molecule has 0 amide bonds. The predicted molar refractivity (Wildman–Crippen MR) is 197 cm³/mol. The molecular formula is C42H23N3O2S. The van der Waals surface area contributed by atoms with E-state index in [-0.39, 0.29) is 0 Å². The van der Waals surface area contributed by atoms with Gasteiger partial charge in [-0.15, -0.1) is 11.3 Å². The quantitative estimate of drug-likeness (QED) is 0.194. The Labute approximate surface area is 276 Å². The van der Waals surface area contributed by atoms with E-state index in [0.717, 1.165) is 86.9 Å². The smallest absolute Gasteiger partial charge is 0.162 e. The molecule has 0 aliphatic carbocycles. The number of para-hydroxylation sites is 3. The first-order valence-corrected chi connectivity index (χ1v) is 16.7. The number of hydrogen-bond acceptors (Lipinski definition) is 5. The van der Waals surface area contributed by atoms with E-state index >= 15 is 0 Å². The fourth-order valence-electron chi connectivity index (χ4n) is 7.36. The molecule has 0 aliphatic rings. The summed E-state index contributed by atoms with van der Waals surface area (Å²) in [6.07, 6.45) is 0. The van der Waals surface area contributed by atoms with Crippen molar-refractivity contribution in [3.8, 4) is 28.3 Å². The van der Waals surface area contributed by atoms with Gasteiger partial charge in [0.15, 0.2) is 11.4 Å². The Morgan fingerprint density at radius 1 is 0.521 bits per heavy atom. The van der Waals surface area contributed by atoms with Gasteiger partial charge in [-0.1, -0.05) is 91.0 Å². The van der Waals surface area contributed by atoms with Crippen LogP contribution in [0.25, 0.3) is 104 Å². The highest BCUT2D eigenvalue weighted by atomic mass is 32.1. The van der Waals surface area contributed by atoms with Gasteiger partial charge in [0.25, 0.3) is 0 Å². The van der Waals surface area contributed by atoms with E-state index in [2.05, 4.69) is 102 Å². The lowest BCUT2D eigenvalue weighted by molar-refractivity contribution is 0.669. The molecule has 0 N–H and O–H groups in total. The van der Waals surface area contributed by atoms with Crippen LogP contribution in [0.1, 0.15) is 0 Å². The van der Waals surface area contributed by atoms with Gasteiger partial charge < -0.3 is 13.4 Å². The molecule has 224 valence electrons. The molecule has 0 unspecified atom stereocenters. The average Bonchev–Trinajstić information content (AvgIpc) is 3.88. The minimum absolute atomic E-state index is 0.662. The van der Waals surface area contributed by atoms with Crippen LogP contribution in [0, 0.1) is 0 Å². The second kappa shape index (κ2) is 9.64. The fourth-order valence-corrected chi connectivity index (χ4v) is 8.49. The molecule has 6 heteroatoms. The molecule has 0 bridgehead atoms. The highest BCUT2D eigenvalue weighted by Crippen LogP contribution is 2.46. The SMILES string of the molecule is c1ccc(-c2nc(-c3cccc4oc5cc6c(cc5c34)c3ccccc3n6-c3ccccc3)nc3sc4c5ccccc5oc4c23)cc1. The van der Waals surface area contributed by atoms with E-state index in [9.17, 15) is 0 Å². The second-order valence-corrected chi connectivity index (χ2v) is 13.1. The maximum absolute atomic E-state index is 6.61. The van der Waals surface area contributed by atoms with E-state index in [0.29, 0.717) is 5.82 Å². The van der Waals surface area contributed by atoms with Gasteiger partial charge in [0, 0.05) is 49.8 Å². The Morgan fingerprint density at radius 3 is 2.15 bits per heavy atom. The van der Waals surface area contributed by atoms with Gasteiger partial charge >= 0.3 is 0 Å². The zero-order valence-corrected chi connectivity index (χ0v) is 26.2. The van der Waals surface area contributed by atoms with Crippen LogP contribution in [-0.4, -0.2) is 14.5 Å². The maximum Gasteiger partial charge on any atom is 0.162 e. The summed E-state index contributed by atoms with van der Waals surface area (Å²) in [5.41, 5.74) is 9.54. The van der Waals surface area contributed by atoms with Crippen molar-refractivity contribution in [3.63, 3.8) is 0 Å². The lowest BCUT2D eigenvalue weighted by Crippen LogP contribution is -1.94. The number of thiophene rings is 1. The zero-order valence-electron chi connectivity index (χ0n) is 25.3. The van der Waals surface area contributed by atoms with Crippen molar-refractivity contribution in [1.82, 2.24) is 14.5 Å². The molecule has 48 heavy (non-hydrogen) atoms. The molecule has 0 atom stereocenters. The van der Waals surface area contributed by atoms with E-state index in [1.165, 1.54) is 10.8 Å². The molecule has 6 aromatic carbocycles. The lowest BCUT2D eigenvalue weighted by Gasteiger charge is -2.08. The van der Waals surface area contributed by atoms with Crippen molar-refractivity contribution in [1.29, 1.82) is 0 Å². The summed E-state index contributed by atoms with van der Waals surface area (Å²) in [5, 5.41) is 6.46. The number of hydrogen-bond donors (Lipinski definition) is 0. The molecule has 5 heterocycles. The summed E-state index contributed by atoms with van der Waals surface area (Å²) in [4.78, 5) is 11.5. The first-order valence-electron chi connectivity index (χ1n) is 15.9. The summed E-state index contributed by atoms with van der Waals surface area (Å²) in [6.45, 7) is 0. The van der Waals surface area contributed by atoms with Crippen LogP contribution in [0.3, 0.4) is 0 Å². The summed E-state index contributed by atoms with van der Waals surface area (Å²) in [7, 11) is 0. The predicted octanol–water partition coefficient (Wildman–Crippen LogP) is 11.9. The largest absolute Gasteiger partial charge is 0.456 e. The van der Waals surface area contributed by atoms with Crippen molar-refractivity contribution in [2.24, 2.45) is 0 Å². The summed E-state index contributed by atoms with van der Waals surface area (Å²) in [6, 6.07) is 48.2. The number of nitrogens with zero attached hydrogens (tertiary/aromatic N) is 3. The molecule has 0 saturated heterocycles. The van der Waals surface area contributed by atoms with Crippen LogP contribution in [0.2, 0.25) is 0 Å². The molecule has 11 aromatic rings. The van der Waals surface area contributed by atoms with E-state index < -0.39 is 0 Å². The summed E-state index contributed by atoms with van der Waals surface area (Å²) < 4.78 is 16.5. The van der Waals surface area contributed by atoms with E-state index in [1.54, 1.807) is 11.3 Å². The monoisotopic (exact) mass is 633 g/mol. The van der Waals surface area contributed by atoms with Crippen molar-refractivity contribution in [2.45, 2.75) is 0 Å². The van der Waals surface area contributed by atoms with Gasteiger partial charge in [0.2, 0.25) is 0 Å². The van der Waals surface area contributed by atoms with Crippen molar-refractivity contribution in [2.75, 3.05) is 0 Å². The zero-order chi connectivity index (χ0) is 31.3. The number of rotatable bonds is 3. The van der Waals surface area contributed by atoms with Gasteiger partial charge in [-0.2, -0.15) is 0 Å². The topological polar surface area (TPSA) is 57.0 Å². The highest BCUT2D eigenvalue weighted by molar-refractivity contribution is 7.26. The van der Waals surface area contributed by atoms with Gasteiger partial charge in [-0.25, -0.2) is 9.97 Å². The molecule has 5 aromatic heterocycles. The number of benzene rings is 6. The van der Waals surface area contributed by atoms with Gasteiger partial charge in [0.1, 0.15) is 21.6 Å². The van der Waals surface area contributed by atoms with Crippen LogP contribution in [0.4, 0.5) is 0 Å². The standard InChI is InChI=1S/C42H23N3O2S/c1-3-12-24(13-4-1)38-37-39-40(27-17-8-10-20-33(27)47-39)48-42(37)44-41(43-38)28-18-11-21-34-36(28)30-22-29-26-16-7-9-19-31(26)45(25-14-5-2-6-15-25)32(29)23-35(30)46-34/h1-23H. The van der Waals surface area contributed by atoms with Gasteiger partial charge in [-0.05, 0) is 42.5 Å². The summed E-state index contributed by atoms with van der Waals surface area (Å²) >= 11 is 1.66. The van der Waals surface area contributed by atoms with Crippen molar-refractivity contribution < 1.29 is 8.83 Å². The van der Waals surface area contributed by atoms with Gasteiger partial charge in [-0.3, -0.25) is 0 Å². The molecule has 0 radical (unpaired) electrons. The Hall–Kier alpha value is -6.24. The van der Waals surface area contributed by atoms with Crippen LogP contribution >= 0.6 is 11.3 Å². The minimum atomic E-state index is 0.662. The van der Waals surface area contributed by atoms with E-state index in [1.807, 2.05) is 42.5 Å². The number of furan rings is 2. The normalized spacial score (nSPS) is 12.2. The lowest BCUT2D eigenvalue weighted by atomic mass is 10.0. The van der Waals surface area contributed by atoms with Crippen LogP contribution in [0.15, 0.2) is 148 Å². The molecule has 0 fully saturated rings. The average molecular weight is 634 g/mol. The molecule has 5 nitrogen and oxygen atoms in total. The molecule has 11 rings (SSSR count). The number of fused-ring (bicyclic) bond motifs is 11. The fraction of sp³-hybridized carbons (Fsp3) is 0. The number of aromatic nitrogens is 3. The summed E-state index contributed by atoms with van der Waals surface area (Å²) in [5.74, 6) is 0.662. The van der Waals surface area contributed by atoms with Crippen LogP contribution in [-0.2, 0) is 0 Å². The first-order chi connectivity index (χ1) is 23.8. The molecule has 0 spiro atoms. The van der Waals surface area contributed by atoms with Crippen molar-refractivity contribution >= 4 is 86.5 Å². The van der Waals surface area contributed by atoms with Crippen molar-refractivity contribution in [3.05, 3.63) is 140 Å². The third-order valence-electron chi connectivity index (χ3n) is 9.44. The molecule has 0 aliphatic heterocycles. The Bertz CT molecular complexity index is 3060. The third kappa shape index (κ3) is 3.55. The minimum Gasteiger partial charge on any atom is -0.456 e.